The number of rotatable bonds is 4. The smallest absolute Gasteiger partial charge is 0.251 e. The number of benzene rings is 1. The Morgan fingerprint density at radius 2 is 1.81 bits per heavy atom. The van der Waals surface area contributed by atoms with E-state index in [-0.39, 0.29) is 5.56 Å². The molecule has 0 unspecified atom stereocenters. The summed E-state index contributed by atoms with van der Waals surface area (Å²) < 4.78 is 7.12. The summed E-state index contributed by atoms with van der Waals surface area (Å²) in [7, 11) is 0. The Morgan fingerprint density at radius 3 is 2.55 bits per heavy atom. The van der Waals surface area contributed by atoms with E-state index in [9.17, 15) is 4.79 Å². The summed E-state index contributed by atoms with van der Waals surface area (Å²) in [6.45, 7) is 3.61. The van der Waals surface area contributed by atoms with Gasteiger partial charge in [0.15, 0.2) is 0 Å². The van der Waals surface area contributed by atoms with Gasteiger partial charge in [0.05, 0.1) is 37.3 Å². The van der Waals surface area contributed by atoms with E-state index in [0.717, 1.165) is 66.4 Å². The predicted octanol–water partition coefficient (Wildman–Crippen LogP) is 4.42. The number of pyridine rings is 2. The standard InChI is InChI=1S/C24H21Cl2N3O2/c25-18-9-16(10-19(26)12-18)15-29-4-3-17(11-24(29)30)21-1-2-23-22(21)13-20(14-27-23)28-5-7-31-8-6-28/h1,3-4,9-14H,2,5-8,15H2. The molecular weight excluding hydrogens is 433 g/mol. The second-order valence-electron chi connectivity index (χ2n) is 7.77. The summed E-state index contributed by atoms with van der Waals surface area (Å²) in [6, 6.07) is 11.2. The van der Waals surface area contributed by atoms with Gasteiger partial charge in [-0.25, -0.2) is 0 Å². The first-order valence-electron chi connectivity index (χ1n) is 10.2. The summed E-state index contributed by atoms with van der Waals surface area (Å²) in [5.74, 6) is 0. The maximum Gasteiger partial charge on any atom is 0.251 e. The first kappa shape index (κ1) is 20.3. The normalized spacial score (nSPS) is 15.7. The minimum atomic E-state index is -0.0692. The molecule has 0 N–H and O–H groups in total. The molecule has 5 rings (SSSR count). The molecule has 158 valence electrons. The fraction of sp³-hybridized carbons (Fsp3) is 0.250. The van der Waals surface area contributed by atoms with E-state index >= 15 is 0 Å². The molecule has 1 aromatic carbocycles. The molecule has 2 aliphatic rings. The number of nitrogens with zero attached hydrogens (tertiary/aromatic N) is 3. The van der Waals surface area contributed by atoms with Crippen molar-refractivity contribution >= 4 is 34.5 Å². The van der Waals surface area contributed by atoms with Gasteiger partial charge in [-0.1, -0.05) is 29.3 Å². The minimum absolute atomic E-state index is 0.0692. The monoisotopic (exact) mass is 453 g/mol. The molecule has 0 spiro atoms. The van der Waals surface area contributed by atoms with Crippen LogP contribution in [0.25, 0.3) is 5.57 Å². The second kappa shape index (κ2) is 8.50. The molecule has 0 saturated carbocycles. The van der Waals surface area contributed by atoms with Gasteiger partial charge in [0.25, 0.3) is 5.56 Å². The Morgan fingerprint density at radius 1 is 1.03 bits per heavy atom. The van der Waals surface area contributed by atoms with Gasteiger partial charge in [0.1, 0.15) is 0 Å². The third kappa shape index (κ3) is 4.26. The van der Waals surface area contributed by atoms with Gasteiger partial charge in [-0.2, -0.15) is 0 Å². The fourth-order valence-electron chi connectivity index (χ4n) is 4.16. The van der Waals surface area contributed by atoms with Crippen molar-refractivity contribution in [2.75, 3.05) is 31.2 Å². The van der Waals surface area contributed by atoms with Gasteiger partial charge in [-0.05, 0) is 47.0 Å². The third-order valence-electron chi connectivity index (χ3n) is 5.70. The Bertz CT molecular complexity index is 1210. The van der Waals surface area contributed by atoms with Crippen LogP contribution in [-0.2, 0) is 17.7 Å². The molecule has 0 amide bonds. The van der Waals surface area contributed by atoms with Crippen molar-refractivity contribution in [3.05, 3.63) is 97.7 Å². The maximum absolute atomic E-state index is 12.8. The average Bonchev–Trinajstić information content (AvgIpc) is 3.18. The molecule has 0 bridgehead atoms. The van der Waals surface area contributed by atoms with Gasteiger partial charge in [0, 0.05) is 47.4 Å². The van der Waals surface area contributed by atoms with Gasteiger partial charge < -0.3 is 14.2 Å². The van der Waals surface area contributed by atoms with Crippen LogP contribution in [0.5, 0.6) is 0 Å². The van der Waals surface area contributed by atoms with Crippen LogP contribution in [0, 0.1) is 0 Å². The van der Waals surface area contributed by atoms with Gasteiger partial charge in [-0.3, -0.25) is 9.78 Å². The zero-order valence-corrected chi connectivity index (χ0v) is 18.4. The third-order valence-corrected chi connectivity index (χ3v) is 6.14. The highest BCUT2D eigenvalue weighted by Gasteiger charge is 2.20. The summed E-state index contributed by atoms with van der Waals surface area (Å²) in [6.07, 6.45) is 6.69. The molecular formula is C24H21Cl2N3O2. The van der Waals surface area contributed by atoms with Crippen molar-refractivity contribution in [2.24, 2.45) is 0 Å². The molecule has 0 atom stereocenters. The van der Waals surface area contributed by atoms with Crippen LogP contribution in [0.1, 0.15) is 22.4 Å². The Labute approximate surface area is 190 Å². The zero-order valence-electron chi connectivity index (χ0n) is 16.9. The fourth-order valence-corrected chi connectivity index (χ4v) is 4.73. The first-order chi connectivity index (χ1) is 15.1. The van der Waals surface area contributed by atoms with Crippen LogP contribution in [0.15, 0.2) is 59.7 Å². The number of fused-ring (bicyclic) bond motifs is 1. The number of morpholine rings is 1. The number of halogens is 2. The summed E-state index contributed by atoms with van der Waals surface area (Å²) in [5, 5.41) is 1.12. The molecule has 7 heteroatoms. The number of ether oxygens (including phenoxy) is 1. The lowest BCUT2D eigenvalue weighted by Crippen LogP contribution is -2.36. The molecule has 2 aromatic heterocycles. The molecule has 5 nitrogen and oxygen atoms in total. The lowest BCUT2D eigenvalue weighted by Gasteiger charge is -2.29. The van der Waals surface area contributed by atoms with Crippen LogP contribution in [0.2, 0.25) is 10.0 Å². The largest absolute Gasteiger partial charge is 0.378 e. The maximum atomic E-state index is 12.8. The van der Waals surface area contributed by atoms with Gasteiger partial charge in [-0.15, -0.1) is 0 Å². The van der Waals surface area contributed by atoms with Crippen LogP contribution < -0.4 is 10.5 Å². The minimum Gasteiger partial charge on any atom is -0.378 e. The molecule has 1 aliphatic heterocycles. The highest BCUT2D eigenvalue weighted by molar-refractivity contribution is 6.34. The van der Waals surface area contributed by atoms with Crippen LogP contribution in [0.4, 0.5) is 5.69 Å². The molecule has 1 aliphatic carbocycles. The van der Waals surface area contributed by atoms with Crippen molar-refractivity contribution in [1.82, 2.24) is 9.55 Å². The average molecular weight is 454 g/mol. The van der Waals surface area contributed by atoms with E-state index in [4.69, 9.17) is 27.9 Å². The number of allylic oxidation sites excluding steroid dienone is 1. The molecule has 3 heterocycles. The zero-order chi connectivity index (χ0) is 21.4. The lowest BCUT2D eigenvalue weighted by molar-refractivity contribution is 0.122. The Hall–Kier alpha value is -2.60. The second-order valence-corrected chi connectivity index (χ2v) is 8.64. The first-order valence-corrected chi connectivity index (χ1v) is 11.0. The van der Waals surface area contributed by atoms with Crippen molar-refractivity contribution in [2.45, 2.75) is 13.0 Å². The molecule has 0 radical (unpaired) electrons. The van der Waals surface area contributed by atoms with Gasteiger partial charge in [0.2, 0.25) is 0 Å². The Balaban J connectivity index is 1.42. The lowest BCUT2D eigenvalue weighted by atomic mass is 10.0. The quantitative estimate of drug-likeness (QED) is 0.586. The van der Waals surface area contributed by atoms with Crippen LogP contribution >= 0.6 is 23.2 Å². The number of hydrogen-bond donors (Lipinski definition) is 0. The topological polar surface area (TPSA) is 47.4 Å². The van der Waals surface area contributed by atoms with E-state index in [1.807, 2.05) is 30.6 Å². The predicted molar refractivity (Wildman–Crippen MR) is 124 cm³/mol. The highest BCUT2D eigenvalue weighted by Crippen LogP contribution is 2.33. The molecule has 1 saturated heterocycles. The van der Waals surface area contributed by atoms with Crippen LogP contribution in [-0.4, -0.2) is 35.9 Å². The van der Waals surface area contributed by atoms with E-state index in [1.54, 1.807) is 16.7 Å². The molecule has 31 heavy (non-hydrogen) atoms. The van der Waals surface area contributed by atoms with Crippen molar-refractivity contribution in [1.29, 1.82) is 0 Å². The van der Waals surface area contributed by atoms with Gasteiger partial charge >= 0.3 is 0 Å². The van der Waals surface area contributed by atoms with E-state index in [0.29, 0.717) is 16.6 Å². The SMILES string of the molecule is O=c1cc(C2=CCc3ncc(N4CCOCC4)cc32)ccn1Cc1cc(Cl)cc(Cl)c1. The highest BCUT2D eigenvalue weighted by atomic mass is 35.5. The van der Waals surface area contributed by atoms with E-state index in [1.165, 1.54) is 0 Å². The molecule has 1 fully saturated rings. The van der Waals surface area contributed by atoms with E-state index < -0.39 is 0 Å². The number of anilines is 1. The molecule has 3 aromatic rings. The van der Waals surface area contributed by atoms with Crippen molar-refractivity contribution in [3.8, 4) is 0 Å². The number of aromatic nitrogens is 2. The number of hydrogen-bond acceptors (Lipinski definition) is 4. The van der Waals surface area contributed by atoms with Crippen molar-refractivity contribution in [3.63, 3.8) is 0 Å². The van der Waals surface area contributed by atoms with Crippen molar-refractivity contribution < 1.29 is 4.74 Å². The van der Waals surface area contributed by atoms with Crippen LogP contribution in [0.3, 0.4) is 0 Å². The summed E-state index contributed by atoms with van der Waals surface area (Å²) in [5.41, 5.74) is 6.03. The Kier molecular flexibility index (Phi) is 5.57. The summed E-state index contributed by atoms with van der Waals surface area (Å²) in [4.78, 5) is 19.8. The summed E-state index contributed by atoms with van der Waals surface area (Å²) >= 11 is 12.2. The van der Waals surface area contributed by atoms with E-state index in [2.05, 4.69) is 22.0 Å².